The lowest BCUT2D eigenvalue weighted by molar-refractivity contribution is -0.119. The Bertz CT molecular complexity index is 584. The molecule has 1 aromatic heterocycles. The highest BCUT2D eigenvalue weighted by molar-refractivity contribution is 7.99. The van der Waals surface area contributed by atoms with Crippen LogP contribution in [0.1, 0.15) is 24.4 Å². The highest BCUT2D eigenvalue weighted by Gasteiger charge is 2.11. The fourth-order valence-electron chi connectivity index (χ4n) is 1.63. The fraction of sp³-hybridized carbons (Fsp3) is 0.308. The van der Waals surface area contributed by atoms with Gasteiger partial charge in [0, 0.05) is 5.02 Å². The van der Waals surface area contributed by atoms with Gasteiger partial charge in [-0.15, -0.1) is 5.10 Å². The highest BCUT2D eigenvalue weighted by atomic mass is 35.5. The number of nitrogens with one attached hydrogen (secondary N) is 2. The number of amides is 1. The number of aromatic nitrogens is 3. The van der Waals surface area contributed by atoms with Crippen molar-refractivity contribution in [2.75, 3.05) is 5.75 Å². The smallest absolute Gasteiger partial charge is 0.230 e. The minimum atomic E-state index is -0.0609. The Balaban J connectivity index is 1.83. The third-order valence-corrected chi connectivity index (χ3v) is 3.76. The van der Waals surface area contributed by atoms with Crippen molar-refractivity contribution in [1.82, 2.24) is 20.5 Å². The normalized spacial score (nSPS) is 12.2. The molecule has 0 spiro atoms. The lowest BCUT2D eigenvalue weighted by atomic mass is 10.1. The molecule has 0 aliphatic heterocycles. The van der Waals surface area contributed by atoms with Crippen molar-refractivity contribution in [3.05, 3.63) is 40.7 Å². The minimum absolute atomic E-state index is 0.0556. The zero-order valence-electron chi connectivity index (χ0n) is 11.2. The number of rotatable bonds is 5. The Hall–Kier alpha value is -1.53. The van der Waals surface area contributed by atoms with Crippen LogP contribution in [0.4, 0.5) is 0 Å². The molecule has 1 amide bonds. The number of benzene rings is 1. The number of thioether (sulfide) groups is 1. The van der Waals surface area contributed by atoms with Crippen molar-refractivity contribution in [3.63, 3.8) is 0 Å². The second kappa shape index (κ2) is 6.76. The van der Waals surface area contributed by atoms with E-state index >= 15 is 0 Å². The van der Waals surface area contributed by atoms with Crippen LogP contribution in [0, 0.1) is 6.92 Å². The molecule has 7 heteroatoms. The number of halogens is 1. The summed E-state index contributed by atoms with van der Waals surface area (Å²) in [6.45, 7) is 3.75. The van der Waals surface area contributed by atoms with Crippen LogP contribution in [0.15, 0.2) is 29.4 Å². The maximum absolute atomic E-state index is 11.9. The summed E-state index contributed by atoms with van der Waals surface area (Å²) in [6, 6.07) is 7.36. The maximum atomic E-state index is 11.9. The second-order valence-electron chi connectivity index (χ2n) is 4.33. The Labute approximate surface area is 126 Å². The number of nitrogens with zero attached hydrogens (tertiary/aromatic N) is 2. The van der Waals surface area contributed by atoms with E-state index in [0.29, 0.717) is 10.2 Å². The van der Waals surface area contributed by atoms with Crippen LogP contribution < -0.4 is 5.32 Å². The molecule has 0 fully saturated rings. The molecule has 1 heterocycles. The van der Waals surface area contributed by atoms with Crippen molar-refractivity contribution in [2.45, 2.75) is 25.0 Å². The molecule has 1 aromatic carbocycles. The average molecular weight is 311 g/mol. The number of aryl methyl sites for hydroxylation is 1. The highest BCUT2D eigenvalue weighted by Crippen LogP contribution is 2.17. The average Bonchev–Trinajstić information content (AvgIpc) is 2.83. The molecule has 0 bridgehead atoms. The largest absolute Gasteiger partial charge is 0.349 e. The van der Waals surface area contributed by atoms with Crippen LogP contribution in [-0.2, 0) is 4.79 Å². The Morgan fingerprint density at radius 3 is 2.75 bits per heavy atom. The molecular formula is C13H15ClN4OS. The lowest BCUT2D eigenvalue weighted by Gasteiger charge is -2.13. The molecule has 2 N–H and O–H groups in total. The van der Waals surface area contributed by atoms with Crippen molar-refractivity contribution >= 4 is 29.3 Å². The van der Waals surface area contributed by atoms with Gasteiger partial charge in [-0.05, 0) is 31.5 Å². The van der Waals surface area contributed by atoms with Crippen molar-refractivity contribution < 1.29 is 4.79 Å². The number of hydrogen-bond donors (Lipinski definition) is 2. The molecular weight excluding hydrogens is 296 g/mol. The third kappa shape index (κ3) is 4.25. The van der Waals surface area contributed by atoms with Gasteiger partial charge in [0.25, 0.3) is 0 Å². The third-order valence-electron chi connectivity index (χ3n) is 2.66. The first kappa shape index (κ1) is 14.9. The van der Waals surface area contributed by atoms with E-state index in [2.05, 4.69) is 20.5 Å². The summed E-state index contributed by atoms with van der Waals surface area (Å²) >= 11 is 7.14. The molecule has 0 aliphatic rings. The molecule has 0 aliphatic carbocycles. The second-order valence-corrected chi connectivity index (χ2v) is 5.71. The SMILES string of the molecule is Cc1nc(SCC(=O)NC(C)c2ccc(Cl)cc2)n[nH]1. The van der Waals surface area contributed by atoms with E-state index in [9.17, 15) is 4.79 Å². The Morgan fingerprint density at radius 1 is 1.45 bits per heavy atom. The van der Waals surface area contributed by atoms with Gasteiger partial charge in [-0.25, -0.2) is 4.98 Å². The van der Waals surface area contributed by atoms with Gasteiger partial charge in [-0.3, -0.25) is 9.89 Å². The molecule has 0 saturated carbocycles. The summed E-state index contributed by atoms with van der Waals surface area (Å²) in [6.07, 6.45) is 0. The van der Waals surface area contributed by atoms with E-state index in [0.717, 1.165) is 11.4 Å². The summed E-state index contributed by atoms with van der Waals surface area (Å²) in [5, 5.41) is 10.9. The van der Waals surface area contributed by atoms with E-state index in [1.54, 1.807) is 0 Å². The maximum Gasteiger partial charge on any atom is 0.230 e. The summed E-state index contributed by atoms with van der Waals surface area (Å²) in [5.74, 6) is 0.970. The molecule has 2 rings (SSSR count). The first-order valence-corrected chi connectivity index (χ1v) is 7.47. The van der Waals surface area contributed by atoms with Gasteiger partial charge < -0.3 is 5.32 Å². The summed E-state index contributed by atoms with van der Waals surface area (Å²) in [5.41, 5.74) is 1.02. The first-order chi connectivity index (χ1) is 9.54. The summed E-state index contributed by atoms with van der Waals surface area (Å²) < 4.78 is 0. The fourth-order valence-corrected chi connectivity index (χ4v) is 2.42. The molecule has 2 aromatic rings. The van der Waals surface area contributed by atoms with E-state index in [4.69, 9.17) is 11.6 Å². The van der Waals surface area contributed by atoms with Gasteiger partial charge in [0.1, 0.15) is 5.82 Å². The lowest BCUT2D eigenvalue weighted by Crippen LogP contribution is -2.28. The number of H-pyrrole nitrogens is 1. The van der Waals surface area contributed by atoms with Crippen molar-refractivity contribution in [2.24, 2.45) is 0 Å². The van der Waals surface area contributed by atoms with Crippen LogP contribution in [0.5, 0.6) is 0 Å². The van der Waals surface area contributed by atoms with Gasteiger partial charge in [0.15, 0.2) is 0 Å². The quantitative estimate of drug-likeness (QED) is 0.833. The minimum Gasteiger partial charge on any atom is -0.349 e. The summed E-state index contributed by atoms with van der Waals surface area (Å²) in [4.78, 5) is 16.0. The van der Waals surface area contributed by atoms with Crippen LogP contribution in [0.25, 0.3) is 0 Å². The molecule has 0 saturated heterocycles. The van der Waals surface area contributed by atoms with E-state index in [1.165, 1.54) is 11.8 Å². The number of carbonyl (C=O) groups excluding carboxylic acids is 1. The molecule has 20 heavy (non-hydrogen) atoms. The number of carbonyl (C=O) groups is 1. The number of hydrogen-bond acceptors (Lipinski definition) is 4. The van der Waals surface area contributed by atoms with Gasteiger partial charge in [-0.1, -0.05) is 35.5 Å². The van der Waals surface area contributed by atoms with Gasteiger partial charge in [0.2, 0.25) is 11.1 Å². The number of aromatic amines is 1. The summed E-state index contributed by atoms with van der Waals surface area (Å²) in [7, 11) is 0. The van der Waals surface area contributed by atoms with Crippen LogP contribution in [0.2, 0.25) is 5.02 Å². The van der Waals surface area contributed by atoms with Crippen molar-refractivity contribution in [1.29, 1.82) is 0 Å². The molecule has 0 radical (unpaired) electrons. The molecule has 5 nitrogen and oxygen atoms in total. The van der Waals surface area contributed by atoms with Crippen molar-refractivity contribution in [3.8, 4) is 0 Å². The Kier molecular flexibility index (Phi) is 5.03. The van der Waals surface area contributed by atoms with E-state index in [1.807, 2.05) is 38.1 Å². The zero-order chi connectivity index (χ0) is 14.5. The van der Waals surface area contributed by atoms with Crippen LogP contribution in [-0.4, -0.2) is 26.8 Å². The molecule has 1 unspecified atom stereocenters. The van der Waals surface area contributed by atoms with E-state index < -0.39 is 0 Å². The van der Waals surface area contributed by atoms with Crippen LogP contribution in [0.3, 0.4) is 0 Å². The predicted molar refractivity (Wildman–Crippen MR) is 79.9 cm³/mol. The Morgan fingerprint density at radius 2 is 2.15 bits per heavy atom. The topological polar surface area (TPSA) is 70.7 Å². The van der Waals surface area contributed by atoms with Gasteiger partial charge in [0.05, 0.1) is 11.8 Å². The standard InChI is InChI=1S/C13H15ClN4OS/c1-8(10-3-5-11(14)6-4-10)15-12(19)7-20-13-16-9(2)17-18-13/h3-6,8H,7H2,1-2H3,(H,15,19)(H,16,17,18). The van der Waals surface area contributed by atoms with Gasteiger partial charge >= 0.3 is 0 Å². The molecule has 1 atom stereocenters. The van der Waals surface area contributed by atoms with E-state index in [-0.39, 0.29) is 17.7 Å². The zero-order valence-corrected chi connectivity index (χ0v) is 12.8. The van der Waals surface area contributed by atoms with Gasteiger partial charge in [-0.2, -0.15) is 0 Å². The first-order valence-electron chi connectivity index (χ1n) is 6.11. The monoisotopic (exact) mass is 310 g/mol. The van der Waals surface area contributed by atoms with Crippen LogP contribution >= 0.6 is 23.4 Å². The predicted octanol–water partition coefficient (Wildman–Crippen LogP) is 2.74. The molecule has 106 valence electrons.